The molecular formula is C20H23N5O. The van der Waals surface area contributed by atoms with E-state index >= 15 is 0 Å². The van der Waals surface area contributed by atoms with Crippen molar-refractivity contribution >= 4 is 0 Å². The van der Waals surface area contributed by atoms with Gasteiger partial charge in [0.2, 0.25) is 0 Å². The zero-order chi connectivity index (χ0) is 17.9. The van der Waals surface area contributed by atoms with Gasteiger partial charge in [0.15, 0.2) is 0 Å². The Hall–Kier alpha value is -2.73. The summed E-state index contributed by atoms with van der Waals surface area (Å²) in [6, 6.07) is 8.33. The average molecular weight is 349 g/mol. The highest BCUT2D eigenvalue weighted by Crippen LogP contribution is 2.20. The molecule has 0 amide bonds. The number of benzene rings is 1. The predicted octanol–water partition coefficient (Wildman–Crippen LogP) is 2.66. The topological polar surface area (TPSA) is 56.1 Å². The first-order chi connectivity index (χ1) is 12.7. The van der Waals surface area contributed by atoms with Gasteiger partial charge < -0.3 is 9.30 Å². The van der Waals surface area contributed by atoms with Crippen LogP contribution in [0.4, 0.5) is 0 Å². The number of hydrogen-bond acceptors (Lipinski definition) is 5. The molecule has 0 saturated carbocycles. The van der Waals surface area contributed by atoms with Crippen molar-refractivity contribution in [1.29, 1.82) is 0 Å². The van der Waals surface area contributed by atoms with Gasteiger partial charge in [-0.3, -0.25) is 4.90 Å². The van der Waals surface area contributed by atoms with Gasteiger partial charge in [0, 0.05) is 45.3 Å². The molecule has 1 aliphatic rings. The largest absolute Gasteiger partial charge is 0.486 e. The zero-order valence-corrected chi connectivity index (χ0v) is 15.2. The molecule has 3 heterocycles. The lowest BCUT2D eigenvalue weighted by Crippen LogP contribution is -2.31. The maximum atomic E-state index is 5.82. The molecule has 0 saturated heterocycles. The molecule has 0 atom stereocenters. The normalized spacial score (nSPS) is 14.2. The minimum absolute atomic E-state index is 0.477. The fraction of sp³-hybridized carbons (Fsp3) is 0.350. The van der Waals surface area contributed by atoms with Crippen molar-refractivity contribution < 1.29 is 4.74 Å². The third-order valence-electron chi connectivity index (χ3n) is 4.76. The molecule has 0 N–H and O–H groups in total. The van der Waals surface area contributed by atoms with Crippen molar-refractivity contribution in [3.63, 3.8) is 0 Å². The Labute approximate surface area is 153 Å². The van der Waals surface area contributed by atoms with Crippen molar-refractivity contribution in [2.45, 2.75) is 33.0 Å². The number of aromatic nitrogens is 4. The van der Waals surface area contributed by atoms with Crippen molar-refractivity contribution in [3.05, 3.63) is 71.3 Å². The van der Waals surface area contributed by atoms with Gasteiger partial charge in [-0.15, -0.1) is 0 Å². The molecule has 0 bridgehead atoms. The average Bonchev–Trinajstić information content (AvgIpc) is 3.06. The van der Waals surface area contributed by atoms with Crippen LogP contribution in [-0.2, 0) is 33.2 Å². The van der Waals surface area contributed by atoms with E-state index in [0.717, 1.165) is 43.5 Å². The summed E-state index contributed by atoms with van der Waals surface area (Å²) in [4.78, 5) is 15.6. The minimum atomic E-state index is 0.477. The summed E-state index contributed by atoms with van der Waals surface area (Å²) < 4.78 is 7.79. The van der Waals surface area contributed by atoms with Crippen molar-refractivity contribution in [2.75, 3.05) is 6.54 Å². The Kier molecular flexibility index (Phi) is 4.67. The fourth-order valence-electron chi connectivity index (χ4n) is 3.22. The van der Waals surface area contributed by atoms with E-state index in [2.05, 4.69) is 32.0 Å². The van der Waals surface area contributed by atoms with Crippen molar-refractivity contribution in [3.8, 4) is 5.75 Å². The summed E-state index contributed by atoms with van der Waals surface area (Å²) in [6.07, 6.45) is 6.69. The number of ether oxygens (including phenoxy) is 1. The summed E-state index contributed by atoms with van der Waals surface area (Å²) >= 11 is 0. The Bertz CT molecular complexity index is 887. The van der Waals surface area contributed by atoms with Gasteiger partial charge in [0.25, 0.3) is 0 Å². The first-order valence-corrected chi connectivity index (χ1v) is 8.89. The first-order valence-electron chi connectivity index (χ1n) is 8.89. The molecule has 0 unspecified atom stereocenters. The van der Waals surface area contributed by atoms with Gasteiger partial charge in [-0.2, -0.15) is 0 Å². The standard InChI is InChI=1S/C20H23N5O/c1-15-22-11-17-7-9-25(13-19(17)23-15)12-16-3-5-18(6-4-16)26-14-20-21-8-10-24(20)2/h3-6,8,10-11H,7,9,12-14H2,1-2H3. The number of hydrogen-bond donors (Lipinski definition) is 0. The predicted molar refractivity (Wildman–Crippen MR) is 98.6 cm³/mol. The van der Waals surface area contributed by atoms with Crippen LogP contribution in [-0.4, -0.2) is 31.0 Å². The maximum Gasteiger partial charge on any atom is 0.146 e. The molecule has 3 aromatic rings. The van der Waals surface area contributed by atoms with E-state index in [-0.39, 0.29) is 0 Å². The maximum absolute atomic E-state index is 5.82. The van der Waals surface area contributed by atoms with Crippen LogP contribution in [0.25, 0.3) is 0 Å². The van der Waals surface area contributed by atoms with Gasteiger partial charge in [0.05, 0.1) is 5.69 Å². The van der Waals surface area contributed by atoms with Gasteiger partial charge in [-0.05, 0) is 36.6 Å². The number of aryl methyl sites for hydroxylation is 2. The van der Waals surface area contributed by atoms with E-state index in [9.17, 15) is 0 Å². The zero-order valence-electron chi connectivity index (χ0n) is 15.2. The molecule has 134 valence electrons. The molecule has 2 aromatic heterocycles. The van der Waals surface area contributed by atoms with E-state index in [4.69, 9.17) is 4.74 Å². The lowest BCUT2D eigenvalue weighted by Gasteiger charge is -2.27. The molecular weight excluding hydrogens is 326 g/mol. The molecule has 6 heteroatoms. The molecule has 0 radical (unpaired) electrons. The van der Waals surface area contributed by atoms with Crippen LogP contribution in [0.5, 0.6) is 5.75 Å². The van der Waals surface area contributed by atoms with Crippen LogP contribution in [0.3, 0.4) is 0 Å². The SMILES string of the molecule is Cc1ncc2c(n1)CN(Cc1ccc(OCc3nccn3C)cc1)CC2. The summed E-state index contributed by atoms with van der Waals surface area (Å²) in [5, 5.41) is 0. The van der Waals surface area contributed by atoms with E-state index in [1.54, 1.807) is 6.20 Å². The second-order valence-electron chi connectivity index (χ2n) is 6.74. The molecule has 4 rings (SSSR count). The van der Waals surface area contributed by atoms with E-state index in [0.29, 0.717) is 6.61 Å². The Morgan fingerprint density at radius 2 is 2.00 bits per heavy atom. The molecule has 26 heavy (non-hydrogen) atoms. The molecule has 0 spiro atoms. The summed E-state index contributed by atoms with van der Waals surface area (Å²) in [5.74, 6) is 2.63. The highest BCUT2D eigenvalue weighted by atomic mass is 16.5. The van der Waals surface area contributed by atoms with E-state index in [1.807, 2.05) is 43.1 Å². The van der Waals surface area contributed by atoms with Crippen LogP contribution >= 0.6 is 0 Å². The van der Waals surface area contributed by atoms with Crippen LogP contribution in [0.15, 0.2) is 42.9 Å². The van der Waals surface area contributed by atoms with Gasteiger partial charge >= 0.3 is 0 Å². The molecule has 1 aromatic carbocycles. The molecule has 1 aliphatic heterocycles. The Morgan fingerprint density at radius 1 is 1.15 bits per heavy atom. The van der Waals surface area contributed by atoms with Crippen LogP contribution in [0, 0.1) is 6.92 Å². The van der Waals surface area contributed by atoms with Crippen LogP contribution in [0.1, 0.15) is 28.5 Å². The minimum Gasteiger partial charge on any atom is -0.486 e. The monoisotopic (exact) mass is 349 g/mol. The van der Waals surface area contributed by atoms with Crippen LogP contribution < -0.4 is 4.74 Å². The number of fused-ring (bicyclic) bond motifs is 1. The quantitative estimate of drug-likeness (QED) is 0.709. The fourth-order valence-corrected chi connectivity index (χ4v) is 3.22. The number of nitrogens with zero attached hydrogens (tertiary/aromatic N) is 5. The lowest BCUT2D eigenvalue weighted by molar-refractivity contribution is 0.240. The van der Waals surface area contributed by atoms with E-state index < -0.39 is 0 Å². The van der Waals surface area contributed by atoms with Crippen molar-refractivity contribution in [2.24, 2.45) is 7.05 Å². The van der Waals surface area contributed by atoms with E-state index in [1.165, 1.54) is 16.8 Å². The smallest absolute Gasteiger partial charge is 0.146 e. The molecule has 0 fully saturated rings. The van der Waals surface area contributed by atoms with Crippen molar-refractivity contribution in [1.82, 2.24) is 24.4 Å². The summed E-state index contributed by atoms with van der Waals surface area (Å²) in [6.45, 7) is 5.27. The number of imidazole rings is 1. The van der Waals surface area contributed by atoms with Gasteiger partial charge in [-0.25, -0.2) is 15.0 Å². The third kappa shape index (κ3) is 3.75. The molecule has 6 nitrogen and oxygen atoms in total. The Balaban J connectivity index is 1.35. The number of rotatable bonds is 5. The molecule has 0 aliphatic carbocycles. The van der Waals surface area contributed by atoms with Crippen LogP contribution in [0.2, 0.25) is 0 Å². The van der Waals surface area contributed by atoms with Gasteiger partial charge in [0.1, 0.15) is 24.0 Å². The second-order valence-corrected chi connectivity index (χ2v) is 6.74. The summed E-state index contributed by atoms with van der Waals surface area (Å²) in [5.41, 5.74) is 3.73. The van der Waals surface area contributed by atoms with Gasteiger partial charge in [-0.1, -0.05) is 12.1 Å². The lowest BCUT2D eigenvalue weighted by atomic mass is 10.1. The third-order valence-corrected chi connectivity index (χ3v) is 4.76. The highest BCUT2D eigenvalue weighted by molar-refractivity contribution is 5.28. The Morgan fingerprint density at radius 3 is 2.77 bits per heavy atom. The second kappa shape index (κ2) is 7.25. The summed E-state index contributed by atoms with van der Waals surface area (Å²) in [7, 11) is 1.97. The highest BCUT2D eigenvalue weighted by Gasteiger charge is 2.18. The first kappa shape index (κ1) is 16.7.